The molecule has 0 saturated heterocycles. The Balaban J connectivity index is 1.62. The minimum atomic E-state index is -0.976. The number of carbonyl (C=O) groups excluding carboxylic acids is 2. The van der Waals surface area contributed by atoms with Crippen LogP contribution in [0.4, 0.5) is 29.3 Å². The summed E-state index contributed by atoms with van der Waals surface area (Å²) in [5, 5.41) is 5.17. The third-order valence-corrected chi connectivity index (χ3v) is 7.80. The lowest BCUT2D eigenvalue weighted by Crippen LogP contribution is -2.26. The van der Waals surface area contributed by atoms with Crippen molar-refractivity contribution in [2.75, 3.05) is 17.7 Å². The number of aromatic nitrogens is 1. The van der Waals surface area contributed by atoms with Crippen molar-refractivity contribution in [1.29, 1.82) is 0 Å². The minimum absolute atomic E-state index is 0.0161. The summed E-state index contributed by atoms with van der Waals surface area (Å²) in [5.74, 6) is -3.08. The Morgan fingerprint density at radius 1 is 1.00 bits per heavy atom. The largest absolute Gasteiger partial charge is 0.453 e. The molecular formula is C32H27ClF3N3O4. The molecule has 2 bridgehead atoms. The van der Waals surface area contributed by atoms with Gasteiger partial charge in [0.15, 0.2) is 5.82 Å². The van der Waals surface area contributed by atoms with Gasteiger partial charge in [-0.15, -0.1) is 0 Å². The number of carbonyl (C=O) groups is 2. The van der Waals surface area contributed by atoms with Gasteiger partial charge in [0.2, 0.25) is 5.91 Å². The first kappa shape index (κ1) is 29.9. The van der Waals surface area contributed by atoms with E-state index in [4.69, 9.17) is 11.6 Å². The van der Waals surface area contributed by atoms with E-state index in [1.165, 1.54) is 36.1 Å². The van der Waals surface area contributed by atoms with Crippen molar-refractivity contribution in [3.8, 4) is 22.3 Å². The minimum Gasteiger partial charge on any atom is -0.453 e. The second-order valence-corrected chi connectivity index (χ2v) is 10.8. The van der Waals surface area contributed by atoms with Gasteiger partial charge in [0.05, 0.1) is 29.4 Å². The fourth-order valence-corrected chi connectivity index (χ4v) is 5.43. The smallest absolute Gasteiger partial charge is 0.411 e. The topological polar surface area (TPSA) is 89.4 Å². The van der Waals surface area contributed by atoms with E-state index < -0.39 is 46.6 Å². The molecule has 222 valence electrons. The molecule has 0 fully saturated rings. The molecule has 5 rings (SSSR count). The average Bonchev–Trinajstić information content (AvgIpc) is 2.97. The van der Waals surface area contributed by atoms with Gasteiger partial charge in [-0.25, -0.2) is 18.0 Å². The average molecular weight is 610 g/mol. The molecule has 1 aliphatic heterocycles. The van der Waals surface area contributed by atoms with Gasteiger partial charge < -0.3 is 14.6 Å². The maximum Gasteiger partial charge on any atom is 0.411 e. The summed E-state index contributed by atoms with van der Waals surface area (Å²) in [6, 6.07) is 13.2. The van der Waals surface area contributed by atoms with E-state index >= 15 is 4.39 Å². The van der Waals surface area contributed by atoms with Gasteiger partial charge in [0.1, 0.15) is 11.6 Å². The molecule has 2 N–H and O–H groups in total. The molecule has 0 spiro atoms. The summed E-state index contributed by atoms with van der Waals surface area (Å²) in [6.07, 6.45) is 2.09. The van der Waals surface area contributed by atoms with E-state index in [1.807, 2.05) is 0 Å². The molecule has 0 unspecified atom stereocenters. The van der Waals surface area contributed by atoms with Gasteiger partial charge in [-0.2, -0.15) is 0 Å². The van der Waals surface area contributed by atoms with Crippen LogP contribution in [0.25, 0.3) is 22.3 Å². The van der Waals surface area contributed by atoms with E-state index in [2.05, 4.69) is 15.4 Å². The quantitative estimate of drug-likeness (QED) is 0.232. The van der Waals surface area contributed by atoms with Crippen LogP contribution in [0.5, 0.6) is 0 Å². The third kappa shape index (κ3) is 6.29. The molecule has 11 heteroatoms. The number of nitrogens with one attached hydrogen (secondary N) is 2. The van der Waals surface area contributed by atoms with Gasteiger partial charge in [0.25, 0.3) is 5.56 Å². The normalized spacial score (nSPS) is 16.7. The van der Waals surface area contributed by atoms with Crippen LogP contribution in [0.1, 0.15) is 37.8 Å². The van der Waals surface area contributed by atoms with Crippen LogP contribution >= 0.6 is 11.6 Å². The Morgan fingerprint density at radius 2 is 1.79 bits per heavy atom. The molecule has 1 aliphatic rings. The number of anilines is 2. The lowest BCUT2D eigenvalue weighted by Gasteiger charge is -2.24. The molecular weight excluding hydrogens is 583 g/mol. The number of amides is 2. The fourth-order valence-electron chi connectivity index (χ4n) is 5.27. The molecule has 2 atom stereocenters. The molecule has 4 aromatic rings. The summed E-state index contributed by atoms with van der Waals surface area (Å²) in [7, 11) is 1.23. The van der Waals surface area contributed by atoms with Crippen molar-refractivity contribution in [1.82, 2.24) is 4.57 Å². The van der Waals surface area contributed by atoms with E-state index in [9.17, 15) is 23.2 Å². The summed E-state index contributed by atoms with van der Waals surface area (Å²) in [6.45, 7) is 1.78. The van der Waals surface area contributed by atoms with Crippen LogP contribution in [0, 0.1) is 23.4 Å². The summed E-state index contributed by atoms with van der Waals surface area (Å²) < 4.78 is 50.4. The second kappa shape index (κ2) is 12.3. The van der Waals surface area contributed by atoms with Gasteiger partial charge in [-0.05, 0) is 78.1 Å². The van der Waals surface area contributed by atoms with E-state index in [-0.39, 0.29) is 16.5 Å². The lowest BCUT2D eigenvalue weighted by atomic mass is 9.92. The number of benzene rings is 3. The third-order valence-electron chi connectivity index (χ3n) is 7.50. The highest BCUT2D eigenvalue weighted by Crippen LogP contribution is 2.36. The first-order valence-electron chi connectivity index (χ1n) is 13.5. The van der Waals surface area contributed by atoms with E-state index in [0.717, 1.165) is 18.2 Å². The van der Waals surface area contributed by atoms with Gasteiger partial charge in [-0.1, -0.05) is 31.0 Å². The van der Waals surface area contributed by atoms with E-state index in [1.54, 1.807) is 31.2 Å². The zero-order valence-corrected chi connectivity index (χ0v) is 24.0. The van der Waals surface area contributed by atoms with Crippen molar-refractivity contribution in [3.05, 3.63) is 105 Å². The SMILES string of the molecule is COC(=O)Nc1ccc2c(c1)NC(=O)[C@H](C)CCC[C@H](n1ccc(-c3c(F)ccc(Cl)c3F)cc1=O)c1cc(F)cc-2c1. The number of hydrogen-bond acceptors (Lipinski definition) is 4. The molecule has 3 aromatic carbocycles. The molecule has 1 aromatic heterocycles. The Labute approximate surface area is 250 Å². The van der Waals surface area contributed by atoms with Gasteiger partial charge >= 0.3 is 6.09 Å². The number of pyridine rings is 1. The van der Waals surface area contributed by atoms with Crippen LogP contribution in [0.2, 0.25) is 5.02 Å². The molecule has 2 heterocycles. The predicted molar refractivity (Wildman–Crippen MR) is 159 cm³/mol. The number of rotatable bonds is 3. The van der Waals surface area contributed by atoms with Crippen LogP contribution < -0.4 is 16.2 Å². The second-order valence-electron chi connectivity index (χ2n) is 10.4. The number of halogens is 4. The van der Waals surface area contributed by atoms with Crippen molar-refractivity contribution >= 4 is 35.0 Å². The number of methoxy groups -OCH3 is 1. The van der Waals surface area contributed by atoms with Crippen LogP contribution in [-0.2, 0) is 9.53 Å². The van der Waals surface area contributed by atoms with Crippen molar-refractivity contribution in [2.45, 2.75) is 32.2 Å². The zero-order valence-electron chi connectivity index (χ0n) is 23.2. The molecule has 43 heavy (non-hydrogen) atoms. The molecule has 0 saturated carbocycles. The Kier molecular flexibility index (Phi) is 8.59. The van der Waals surface area contributed by atoms with Crippen LogP contribution in [0.3, 0.4) is 0 Å². The maximum absolute atomic E-state index is 15.2. The van der Waals surface area contributed by atoms with Crippen molar-refractivity contribution in [3.63, 3.8) is 0 Å². The highest BCUT2D eigenvalue weighted by Gasteiger charge is 2.23. The monoisotopic (exact) mass is 609 g/mol. The van der Waals surface area contributed by atoms with Crippen LogP contribution in [-0.4, -0.2) is 23.7 Å². The standard InChI is InChI=1S/C32H27ClF3N3O4/c1-17-4-3-5-27(39-11-10-18(15-28(39)40)29-25(35)9-8-24(33)30(29)36)20-12-19(13-21(34)14-20)23-7-6-22(37-32(42)43-2)16-26(23)38-31(17)41/h6-17,27H,3-5H2,1-2H3,(H,37,42)(H,38,41)/t17-,27+/m1/s1. The highest BCUT2D eigenvalue weighted by molar-refractivity contribution is 6.31. The molecule has 2 amide bonds. The fraction of sp³-hybridized carbons (Fsp3) is 0.219. The Hall–Kier alpha value is -4.57. The summed E-state index contributed by atoms with van der Waals surface area (Å²) >= 11 is 5.85. The predicted octanol–water partition coefficient (Wildman–Crippen LogP) is 7.78. The molecule has 0 radical (unpaired) electrons. The van der Waals surface area contributed by atoms with Gasteiger partial charge in [0, 0.05) is 29.4 Å². The number of hydrogen-bond donors (Lipinski definition) is 2. The number of nitrogens with zero attached hydrogens (tertiary/aromatic N) is 1. The lowest BCUT2D eigenvalue weighted by molar-refractivity contribution is -0.119. The first-order valence-corrected chi connectivity index (χ1v) is 13.9. The Bertz CT molecular complexity index is 1790. The van der Waals surface area contributed by atoms with E-state index in [0.29, 0.717) is 47.3 Å². The summed E-state index contributed by atoms with van der Waals surface area (Å²) in [5.41, 5.74) is 1.18. The molecule has 0 aliphatic carbocycles. The van der Waals surface area contributed by atoms with Crippen molar-refractivity contribution in [2.24, 2.45) is 5.92 Å². The zero-order chi connectivity index (χ0) is 30.8. The summed E-state index contributed by atoms with van der Waals surface area (Å²) in [4.78, 5) is 38.3. The highest BCUT2D eigenvalue weighted by atomic mass is 35.5. The Morgan fingerprint density at radius 3 is 2.53 bits per heavy atom. The van der Waals surface area contributed by atoms with Gasteiger partial charge in [-0.3, -0.25) is 14.9 Å². The maximum atomic E-state index is 15.2. The molecule has 7 nitrogen and oxygen atoms in total. The first-order chi connectivity index (χ1) is 20.5. The number of fused-ring (bicyclic) bond motifs is 4. The van der Waals surface area contributed by atoms with Crippen LogP contribution in [0.15, 0.2) is 71.7 Å². The number of ether oxygens (including phenoxy) is 1. The van der Waals surface area contributed by atoms with Crippen molar-refractivity contribution < 1.29 is 27.5 Å².